The minimum atomic E-state index is -3.37. The summed E-state index contributed by atoms with van der Waals surface area (Å²) in [6, 6.07) is 5.71. The van der Waals surface area contributed by atoms with Crippen LogP contribution in [-0.4, -0.2) is 25.8 Å². The summed E-state index contributed by atoms with van der Waals surface area (Å²) in [5.74, 6) is -0.623. The summed E-state index contributed by atoms with van der Waals surface area (Å²) in [4.78, 5) is 0. The van der Waals surface area contributed by atoms with Gasteiger partial charge in [0.15, 0.2) is 0 Å². The van der Waals surface area contributed by atoms with Crippen LogP contribution in [0.2, 0.25) is 0 Å². The Labute approximate surface area is 94.2 Å². The molecule has 16 heavy (non-hydrogen) atoms. The second kappa shape index (κ2) is 5.38. The Kier molecular flexibility index (Phi) is 4.40. The van der Waals surface area contributed by atoms with Crippen molar-refractivity contribution in [2.24, 2.45) is 0 Å². The van der Waals surface area contributed by atoms with Gasteiger partial charge in [-0.2, -0.15) is 0 Å². The zero-order chi connectivity index (χ0) is 12.2. The minimum absolute atomic E-state index is 0.0724. The molecule has 90 valence electrons. The molecule has 0 aliphatic carbocycles. The van der Waals surface area contributed by atoms with Gasteiger partial charge in [-0.3, -0.25) is 0 Å². The van der Waals surface area contributed by atoms with Crippen LogP contribution in [0, 0.1) is 5.82 Å². The van der Waals surface area contributed by atoms with Crippen molar-refractivity contribution in [3.63, 3.8) is 0 Å². The molecule has 0 bridgehead atoms. The lowest BCUT2D eigenvalue weighted by atomic mass is 10.1. The summed E-state index contributed by atoms with van der Waals surface area (Å²) in [5, 5.41) is 9.59. The van der Waals surface area contributed by atoms with Crippen LogP contribution in [0.5, 0.6) is 0 Å². The van der Waals surface area contributed by atoms with E-state index in [-0.39, 0.29) is 17.9 Å². The number of hydrogen-bond donors (Lipinski definition) is 2. The van der Waals surface area contributed by atoms with Crippen LogP contribution in [0.15, 0.2) is 24.3 Å². The van der Waals surface area contributed by atoms with Crippen LogP contribution in [0.25, 0.3) is 0 Å². The molecular formula is C10H14FNO3S. The molecule has 0 aromatic heterocycles. The highest BCUT2D eigenvalue weighted by molar-refractivity contribution is 7.89. The van der Waals surface area contributed by atoms with Gasteiger partial charge in [0.2, 0.25) is 10.0 Å². The van der Waals surface area contributed by atoms with Gasteiger partial charge in [-0.25, -0.2) is 17.5 Å². The average molecular weight is 247 g/mol. The van der Waals surface area contributed by atoms with Crippen LogP contribution in [0.1, 0.15) is 18.6 Å². The summed E-state index contributed by atoms with van der Waals surface area (Å²) >= 11 is 0. The fourth-order valence-corrected chi connectivity index (χ4v) is 1.78. The van der Waals surface area contributed by atoms with Gasteiger partial charge in [0, 0.05) is 12.1 Å². The fraction of sp³-hybridized carbons (Fsp3) is 0.400. The van der Waals surface area contributed by atoms with Crippen molar-refractivity contribution in [1.29, 1.82) is 0 Å². The Hall–Kier alpha value is -0.980. The van der Waals surface area contributed by atoms with E-state index in [9.17, 15) is 17.9 Å². The first kappa shape index (κ1) is 13.1. The Morgan fingerprint density at radius 2 is 2.06 bits per heavy atom. The minimum Gasteiger partial charge on any atom is -0.387 e. The van der Waals surface area contributed by atoms with Crippen LogP contribution >= 0.6 is 0 Å². The number of sulfonamides is 1. The van der Waals surface area contributed by atoms with Crippen molar-refractivity contribution >= 4 is 10.0 Å². The largest absolute Gasteiger partial charge is 0.387 e. The van der Waals surface area contributed by atoms with Crippen molar-refractivity contribution < 1.29 is 17.9 Å². The number of hydrogen-bond acceptors (Lipinski definition) is 3. The number of halogens is 1. The molecule has 0 saturated carbocycles. The molecule has 6 heteroatoms. The quantitative estimate of drug-likeness (QED) is 0.808. The van der Waals surface area contributed by atoms with Crippen molar-refractivity contribution in [3.8, 4) is 0 Å². The standard InChI is InChI=1S/C10H14FNO3S/c1-2-16(14,15)12-7-10(13)8-5-3-4-6-9(8)11/h3-6,10,12-13H,2,7H2,1H3. The summed E-state index contributed by atoms with van der Waals surface area (Å²) in [6.45, 7) is 1.26. The maximum Gasteiger partial charge on any atom is 0.211 e. The first-order valence-electron chi connectivity index (χ1n) is 4.86. The summed E-state index contributed by atoms with van der Waals surface area (Å²) < 4.78 is 37.6. The van der Waals surface area contributed by atoms with E-state index in [0.29, 0.717) is 0 Å². The first-order chi connectivity index (χ1) is 7.46. The molecule has 2 N–H and O–H groups in total. The fourth-order valence-electron chi connectivity index (χ4n) is 1.16. The van der Waals surface area contributed by atoms with Crippen LogP contribution in [0.3, 0.4) is 0 Å². The van der Waals surface area contributed by atoms with Gasteiger partial charge in [-0.1, -0.05) is 18.2 Å². The van der Waals surface area contributed by atoms with Crippen molar-refractivity contribution in [1.82, 2.24) is 4.72 Å². The second-order valence-corrected chi connectivity index (χ2v) is 5.38. The molecule has 1 atom stereocenters. The van der Waals surface area contributed by atoms with E-state index in [2.05, 4.69) is 4.72 Å². The highest BCUT2D eigenvalue weighted by Gasteiger charge is 2.14. The Bertz CT molecular complexity index is 447. The lowest BCUT2D eigenvalue weighted by Gasteiger charge is -2.12. The molecule has 0 aliphatic rings. The van der Waals surface area contributed by atoms with E-state index in [1.807, 2.05) is 0 Å². The summed E-state index contributed by atoms with van der Waals surface area (Å²) in [5.41, 5.74) is 0.0845. The third kappa shape index (κ3) is 3.55. The smallest absolute Gasteiger partial charge is 0.211 e. The molecule has 1 aromatic carbocycles. The van der Waals surface area contributed by atoms with Gasteiger partial charge in [0.05, 0.1) is 11.9 Å². The molecule has 0 aliphatic heterocycles. The molecule has 1 aromatic rings. The Balaban J connectivity index is 2.67. The van der Waals surface area contributed by atoms with Gasteiger partial charge < -0.3 is 5.11 Å². The zero-order valence-corrected chi connectivity index (χ0v) is 9.67. The number of nitrogens with one attached hydrogen (secondary N) is 1. The van der Waals surface area contributed by atoms with E-state index in [4.69, 9.17) is 0 Å². The van der Waals surface area contributed by atoms with Crippen molar-refractivity contribution in [2.45, 2.75) is 13.0 Å². The molecule has 0 fully saturated rings. The third-order valence-corrected chi connectivity index (χ3v) is 3.51. The second-order valence-electron chi connectivity index (χ2n) is 3.29. The molecule has 1 rings (SSSR count). The van der Waals surface area contributed by atoms with Gasteiger partial charge in [-0.05, 0) is 13.0 Å². The first-order valence-corrected chi connectivity index (χ1v) is 6.51. The van der Waals surface area contributed by atoms with E-state index >= 15 is 0 Å². The number of rotatable bonds is 5. The van der Waals surface area contributed by atoms with E-state index < -0.39 is 21.9 Å². The Morgan fingerprint density at radius 3 is 2.62 bits per heavy atom. The van der Waals surface area contributed by atoms with Crippen molar-refractivity contribution in [3.05, 3.63) is 35.6 Å². The maximum absolute atomic E-state index is 13.2. The summed E-state index contributed by atoms with van der Waals surface area (Å²) in [7, 11) is -3.37. The molecule has 0 heterocycles. The monoisotopic (exact) mass is 247 g/mol. The number of aliphatic hydroxyl groups excluding tert-OH is 1. The lowest BCUT2D eigenvalue weighted by molar-refractivity contribution is 0.177. The topological polar surface area (TPSA) is 66.4 Å². The van der Waals surface area contributed by atoms with Crippen LogP contribution in [0.4, 0.5) is 4.39 Å². The maximum atomic E-state index is 13.2. The van der Waals surface area contributed by atoms with E-state index in [0.717, 1.165) is 0 Å². The molecule has 4 nitrogen and oxygen atoms in total. The van der Waals surface area contributed by atoms with Gasteiger partial charge in [0.25, 0.3) is 0 Å². The van der Waals surface area contributed by atoms with E-state index in [1.165, 1.54) is 25.1 Å². The Morgan fingerprint density at radius 1 is 1.44 bits per heavy atom. The van der Waals surface area contributed by atoms with Crippen LogP contribution in [-0.2, 0) is 10.0 Å². The lowest BCUT2D eigenvalue weighted by Crippen LogP contribution is -2.30. The SMILES string of the molecule is CCS(=O)(=O)NCC(O)c1ccccc1F. The van der Waals surface area contributed by atoms with Gasteiger partial charge >= 0.3 is 0 Å². The predicted octanol–water partition coefficient (Wildman–Crippen LogP) is 0.798. The molecule has 0 saturated heterocycles. The molecule has 1 unspecified atom stereocenters. The van der Waals surface area contributed by atoms with Crippen molar-refractivity contribution in [2.75, 3.05) is 12.3 Å². The van der Waals surface area contributed by atoms with Gasteiger partial charge in [0.1, 0.15) is 5.82 Å². The zero-order valence-electron chi connectivity index (χ0n) is 8.85. The molecule has 0 spiro atoms. The van der Waals surface area contributed by atoms with Crippen LogP contribution < -0.4 is 4.72 Å². The summed E-state index contributed by atoms with van der Waals surface area (Å²) in [6.07, 6.45) is -1.18. The predicted molar refractivity (Wildman–Crippen MR) is 58.8 cm³/mol. The third-order valence-electron chi connectivity index (χ3n) is 2.14. The molecular weight excluding hydrogens is 233 g/mol. The highest BCUT2D eigenvalue weighted by Crippen LogP contribution is 2.15. The molecule has 0 radical (unpaired) electrons. The normalized spacial score (nSPS) is 13.7. The van der Waals surface area contributed by atoms with Gasteiger partial charge in [-0.15, -0.1) is 0 Å². The highest BCUT2D eigenvalue weighted by atomic mass is 32.2. The number of aliphatic hydroxyl groups is 1. The number of benzene rings is 1. The van der Waals surface area contributed by atoms with E-state index in [1.54, 1.807) is 6.07 Å². The molecule has 0 amide bonds. The average Bonchev–Trinajstić information content (AvgIpc) is 2.27.